The second-order valence-corrected chi connectivity index (χ2v) is 5.61. The van der Waals surface area contributed by atoms with E-state index in [-0.39, 0.29) is 5.91 Å². The molecule has 0 aromatic heterocycles. The maximum absolute atomic E-state index is 11.8. The van der Waals surface area contributed by atoms with Crippen LogP contribution in [-0.2, 0) is 11.2 Å². The Balaban J connectivity index is 1.64. The second kappa shape index (κ2) is 5.41. The summed E-state index contributed by atoms with van der Waals surface area (Å²) in [6.07, 6.45) is 1.48. The van der Waals surface area contributed by atoms with Crippen molar-refractivity contribution in [3.05, 3.63) is 23.8 Å². The quantitative estimate of drug-likeness (QED) is 0.797. The lowest BCUT2D eigenvalue weighted by molar-refractivity contribution is -0.127. The van der Waals surface area contributed by atoms with E-state index in [0.29, 0.717) is 19.1 Å². The fourth-order valence-electron chi connectivity index (χ4n) is 2.62. The number of benzene rings is 1. The van der Waals surface area contributed by atoms with Gasteiger partial charge in [0.25, 0.3) is 0 Å². The van der Waals surface area contributed by atoms with Crippen molar-refractivity contribution in [1.82, 2.24) is 4.90 Å². The van der Waals surface area contributed by atoms with Gasteiger partial charge in [-0.05, 0) is 24.0 Å². The molecule has 2 heterocycles. The van der Waals surface area contributed by atoms with Crippen molar-refractivity contribution >= 4 is 21.8 Å². The molecule has 1 amide bonds. The Labute approximate surface area is 120 Å². The van der Waals surface area contributed by atoms with Crippen molar-refractivity contribution in [3.63, 3.8) is 0 Å². The van der Waals surface area contributed by atoms with E-state index in [9.17, 15) is 4.79 Å². The molecule has 3 rings (SSSR count). The van der Waals surface area contributed by atoms with Crippen LogP contribution in [0.25, 0.3) is 0 Å². The Kier molecular flexibility index (Phi) is 3.64. The lowest BCUT2D eigenvalue weighted by Gasteiger charge is -2.16. The number of halogens is 1. The van der Waals surface area contributed by atoms with Gasteiger partial charge in [-0.3, -0.25) is 4.79 Å². The van der Waals surface area contributed by atoms with Crippen molar-refractivity contribution < 1.29 is 14.3 Å². The van der Waals surface area contributed by atoms with E-state index in [1.54, 1.807) is 0 Å². The third-order valence-electron chi connectivity index (χ3n) is 3.64. The zero-order chi connectivity index (χ0) is 13.2. The molecule has 4 nitrogen and oxygen atoms in total. The molecule has 1 atom stereocenters. The van der Waals surface area contributed by atoms with Crippen molar-refractivity contribution in [2.45, 2.75) is 12.8 Å². The minimum absolute atomic E-state index is 0.259. The van der Waals surface area contributed by atoms with Crippen LogP contribution in [0.5, 0.6) is 11.5 Å². The van der Waals surface area contributed by atoms with E-state index in [4.69, 9.17) is 9.47 Å². The number of fused-ring (bicyclic) bond motifs is 1. The lowest BCUT2D eigenvalue weighted by atomic mass is 10.1. The highest BCUT2D eigenvalue weighted by Crippen LogP contribution is 2.35. The van der Waals surface area contributed by atoms with Gasteiger partial charge in [-0.1, -0.05) is 28.1 Å². The van der Waals surface area contributed by atoms with Crippen LogP contribution in [0.2, 0.25) is 0 Å². The summed E-state index contributed by atoms with van der Waals surface area (Å²) < 4.78 is 10.8. The number of amides is 1. The summed E-state index contributed by atoms with van der Waals surface area (Å²) in [5.41, 5.74) is 1.12. The normalized spacial score (nSPS) is 21.2. The number of carbonyl (C=O) groups excluding carboxylic acids is 1. The number of rotatable bonds is 4. The molecule has 5 heteroatoms. The minimum atomic E-state index is 0.259. The van der Waals surface area contributed by atoms with Gasteiger partial charge in [0.15, 0.2) is 11.5 Å². The van der Waals surface area contributed by atoms with Crippen LogP contribution in [-0.4, -0.2) is 36.0 Å². The van der Waals surface area contributed by atoms with E-state index in [1.165, 1.54) is 0 Å². The summed E-state index contributed by atoms with van der Waals surface area (Å²) in [6, 6.07) is 5.92. The number of ether oxygens (including phenoxy) is 2. The second-order valence-electron chi connectivity index (χ2n) is 4.97. The molecule has 1 aromatic carbocycles. The van der Waals surface area contributed by atoms with E-state index >= 15 is 0 Å². The number of hydrogen-bond acceptors (Lipinski definition) is 3. The summed E-state index contributed by atoms with van der Waals surface area (Å²) in [4.78, 5) is 13.8. The molecule has 2 aliphatic heterocycles. The molecule has 0 saturated carbocycles. The van der Waals surface area contributed by atoms with E-state index in [0.717, 1.165) is 41.9 Å². The highest BCUT2D eigenvalue weighted by molar-refractivity contribution is 9.09. The van der Waals surface area contributed by atoms with Gasteiger partial charge in [-0.15, -0.1) is 0 Å². The number of alkyl halides is 1. The molecule has 1 unspecified atom stereocenters. The van der Waals surface area contributed by atoms with Crippen molar-refractivity contribution in [2.75, 3.05) is 25.2 Å². The number of hydrogen-bond donors (Lipinski definition) is 0. The van der Waals surface area contributed by atoms with Gasteiger partial charge >= 0.3 is 0 Å². The van der Waals surface area contributed by atoms with Crippen LogP contribution in [0, 0.1) is 5.92 Å². The van der Waals surface area contributed by atoms with Crippen LogP contribution in [0.15, 0.2) is 18.2 Å². The summed E-state index contributed by atoms with van der Waals surface area (Å²) in [5, 5.41) is 0.896. The maximum atomic E-state index is 11.8. The Hall–Kier alpha value is -1.23. The van der Waals surface area contributed by atoms with E-state index in [1.807, 2.05) is 23.1 Å². The number of para-hydroxylation sites is 1. The molecule has 0 N–H and O–H groups in total. The van der Waals surface area contributed by atoms with Gasteiger partial charge in [0, 0.05) is 24.8 Å². The predicted octanol–water partition coefficient (Wildman–Crippen LogP) is 2.20. The Morgan fingerprint density at radius 2 is 2.26 bits per heavy atom. The van der Waals surface area contributed by atoms with Gasteiger partial charge in [0.1, 0.15) is 0 Å². The molecular weight excluding hydrogens is 310 g/mol. The first-order valence-electron chi connectivity index (χ1n) is 6.49. The van der Waals surface area contributed by atoms with Gasteiger partial charge in [-0.25, -0.2) is 0 Å². The molecule has 19 heavy (non-hydrogen) atoms. The number of carbonyl (C=O) groups is 1. The van der Waals surface area contributed by atoms with Crippen LogP contribution in [0.3, 0.4) is 0 Å². The van der Waals surface area contributed by atoms with Crippen LogP contribution in [0.1, 0.15) is 12.0 Å². The van der Waals surface area contributed by atoms with Gasteiger partial charge in [0.05, 0.1) is 0 Å². The molecular formula is C14H16BrNO3. The summed E-state index contributed by atoms with van der Waals surface area (Å²) in [7, 11) is 0. The lowest BCUT2D eigenvalue weighted by Crippen LogP contribution is -2.27. The smallest absolute Gasteiger partial charge is 0.231 e. The average molecular weight is 326 g/mol. The first kappa shape index (κ1) is 12.8. The first-order chi connectivity index (χ1) is 9.28. The third-order valence-corrected chi connectivity index (χ3v) is 4.56. The fraction of sp³-hybridized carbons (Fsp3) is 0.500. The van der Waals surface area contributed by atoms with E-state index < -0.39 is 0 Å². The zero-order valence-electron chi connectivity index (χ0n) is 10.6. The molecule has 0 radical (unpaired) electrons. The Morgan fingerprint density at radius 1 is 1.37 bits per heavy atom. The number of likely N-dealkylation sites (tertiary alicyclic amines) is 1. The summed E-state index contributed by atoms with van der Waals surface area (Å²) in [6.45, 7) is 1.90. The standard InChI is InChI=1S/C14H16BrNO3/c15-7-10-6-13(17)16(8-10)5-4-11-2-1-3-12-14(11)19-9-18-12/h1-3,10H,4-9H2. The SMILES string of the molecule is O=C1CC(CBr)CN1CCc1cccc2c1OCO2. The Morgan fingerprint density at radius 3 is 3.05 bits per heavy atom. The van der Waals surface area contributed by atoms with Crippen LogP contribution < -0.4 is 9.47 Å². The van der Waals surface area contributed by atoms with Crippen molar-refractivity contribution in [1.29, 1.82) is 0 Å². The molecule has 2 aliphatic rings. The first-order valence-corrected chi connectivity index (χ1v) is 7.61. The topological polar surface area (TPSA) is 38.8 Å². The molecule has 0 spiro atoms. The van der Waals surface area contributed by atoms with Gasteiger partial charge < -0.3 is 14.4 Å². The van der Waals surface area contributed by atoms with E-state index in [2.05, 4.69) is 15.9 Å². The molecule has 1 aromatic rings. The van der Waals surface area contributed by atoms with Gasteiger partial charge in [0.2, 0.25) is 12.7 Å². The molecule has 0 bridgehead atoms. The predicted molar refractivity (Wildman–Crippen MR) is 74.8 cm³/mol. The highest BCUT2D eigenvalue weighted by atomic mass is 79.9. The third kappa shape index (κ3) is 2.56. The highest BCUT2D eigenvalue weighted by Gasteiger charge is 2.28. The maximum Gasteiger partial charge on any atom is 0.231 e. The van der Waals surface area contributed by atoms with Crippen molar-refractivity contribution in [2.24, 2.45) is 5.92 Å². The Bertz CT molecular complexity index is 492. The molecule has 0 aliphatic carbocycles. The van der Waals surface area contributed by atoms with Gasteiger partial charge in [-0.2, -0.15) is 0 Å². The minimum Gasteiger partial charge on any atom is -0.454 e. The zero-order valence-corrected chi connectivity index (χ0v) is 12.2. The number of nitrogens with zero attached hydrogens (tertiary/aromatic N) is 1. The van der Waals surface area contributed by atoms with Crippen LogP contribution in [0.4, 0.5) is 0 Å². The summed E-state index contributed by atoms with van der Waals surface area (Å²) >= 11 is 3.45. The molecule has 102 valence electrons. The fourth-order valence-corrected chi connectivity index (χ4v) is 3.05. The monoisotopic (exact) mass is 325 g/mol. The molecule has 1 fully saturated rings. The average Bonchev–Trinajstić information content (AvgIpc) is 3.02. The summed E-state index contributed by atoms with van der Waals surface area (Å²) in [5.74, 6) is 2.36. The van der Waals surface area contributed by atoms with Crippen molar-refractivity contribution in [3.8, 4) is 11.5 Å². The molecule has 1 saturated heterocycles. The largest absolute Gasteiger partial charge is 0.454 e. The van der Waals surface area contributed by atoms with Crippen LogP contribution >= 0.6 is 15.9 Å².